The van der Waals surface area contributed by atoms with Gasteiger partial charge in [-0.3, -0.25) is 4.79 Å². The summed E-state index contributed by atoms with van der Waals surface area (Å²) in [5, 5.41) is -0.713. The van der Waals surface area contributed by atoms with Crippen molar-refractivity contribution in [2.45, 2.75) is 5.25 Å². The highest BCUT2D eigenvalue weighted by Gasteiger charge is 2.31. The summed E-state index contributed by atoms with van der Waals surface area (Å²) in [4.78, 5) is 12.5. The van der Waals surface area contributed by atoms with Crippen molar-refractivity contribution in [1.82, 2.24) is 0 Å². The number of rotatable bonds is 4. The standard InChI is InChI=1S/C15H13ClO3S/c1-20(18,19)15(12-7-9-13(16)10-8-12)14(17)11-5-3-2-4-6-11/h2-10,15H,1H3. The van der Waals surface area contributed by atoms with Crippen LogP contribution in [0.2, 0.25) is 5.02 Å². The fourth-order valence-electron chi connectivity index (χ4n) is 1.98. The molecule has 104 valence electrons. The van der Waals surface area contributed by atoms with Crippen LogP contribution >= 0.6 is 11.6 Å². The first kappa shape index (κ1) is 14.8. The molecule has 2 aromatic carbocycles. The van der Waals surface area contributed by atoms with Crippen molar-refractivity contribution in [3.05, 3.63) is 70.7 Å². The van der Waals surface area contributed by atoms with E-state index in [1.54, 1.807) is 54.6 Å². The van der Waals surface area contributed by atoms with Gasteiger partial charge < -0.3 is 0 Å². The average molecular weight is 309 g/mol. The summed E-state index contributed by atoms with van der Waals surface area (Å²) in [5.41, 5.74) is 0.795. The maximum atomic E-state index is 12.5. The SMILES string of the molecule is CS(=O)(=O)C(C(=O)c1ccccc1)c1ccc(Cl)cc1. The number of carbonyl (C=O) groups is 1. The van der Waals surface area contributed by atoms with E-state index in [1.165, 1.54) is 0 Å². The molecule has 0 heterocycles. The predicted octanol–water partition coefficient (Wildman–Crippen LogP) is 3.31. The molecule has 0 aromatic heterocycles. The molecular weight excluding hydrogens is 296 g/mol. The van der Waals surface area contributed by atoms with Gasteiger partial charge >= 0.3 is 0 Å². The lowest BCUT2D eigenvalue weighted by atomic mass is 10.0. The first-order chi connectivity index (χ1) is 9.39. The summed E-state index contributed by atoms with van der Waals surface area (Å²) in [7, 11) is -3.57. The Bertz CT molecular complexity index is 707. The molecule has 3 nitrogen and oxygen atoms in total. The van der Waals surface area contributed by atoms with Gasteiger partial charge in [0, 0.05) is 16.8 Å². The van der Waals surface area contributed by atoms with E-state index in [9.17, 15) is 13.2 Å². The highest BCUT2D eigenvalue weighted by Crippen LogP contribution is 2.27. The first-order valence-electron chi connectivity index (χ1n) is 5.93. The molecule has 1 unspecified atom stereocenters. The van der Waals surface area contributed by atoms with E-state index >= 15 is 0 Å². The molecule has 2 rings (SSSR count). The second kappa shape index (κ2) is 5.77. The zero-order valence-electron chi connectivity index (χ0n) is 10.8. The van der Waals surface area contributed by atoms with E-state index in [0.717, 1.165) is 6.26 Å². The van der Waals surface area contributed by atoms with Crippen LogP contribution in [0.15, 0.2) is 54.6 Å². The number of hydrogen-bond acceptors (Lipinski definition) is 3. The number of benzene rings is 2. The largest absolute Gasteiger partial charge is 0.292 e. The summed E-state index contributed by atoms with van der Waals surface area (Å²) in [6, 6.07) is 14.7. The quantitative estimate of drug-likeness (QED) is 0.814. The van der Waals surface area contributed by atoms with E-state index in [0.29, 0.717) is 16.1 Å². The summed E-state index contributed by atoms with van der Waals surface area (Å²) >= 11 is 5.79. The number of sulfone groups is 1. The van der Waals surface area contributed by atoms with Crippen LogP contribution in [0.25, 0.3) is 0 Å². The molecule has 0 aliphatic heterocycles. The molecule has 20 heavy (non-hydrogen) atoms. The van der Waals surface area contributed by atoms with Crippen molar-refractivity contribution >= 4 is 27.2 Å². The van der Waals surface area contributed by atoms with Crippen LogP contribution in [0.1, 0.15) is 21.2 Å². The molecule has 0 aliphatic rings. The molecule has 0 saturated heterocycles. The van der Waals surface area contributed by atoms with E-state index in [2.05, 4.69) is 0 Å². The molecule has 0 N–H and O–H groups in total. The minimum absolute atomic E-state index is 0.373. The Kier molecular flexibility index (Phi) is 4.26. The molecule has 0 bridgehead atoms. The third-order valence-corrected chi connectivity index (χ3v) is 4.49. The van der Waals surface area contributed by atoms with Crippen LogP contribution in [0.5, 0.6) is 0 Å². The van der Waals surface area contributed by atoms with Crippen molar-refractivity contribution in [2.24, 2.45) is 0 Å². The van der Waals surface area contributed by atoms with Gasteiger partial charge in [-0.05, 0) is 17.7 Å². The van der Waals surface area contributed by atoms with Crippen LogP contribution in [0, 0.1) is 0 Å². The molecule has 0 spiro atoms. The summed E-state index contributed by atoms with van der Waals surface area (Å²) < 4.78 is 24.0. The second-order valence-corrected chi connectivity index (χ2v) is 7.06. The van der Waals surface area contributed by atoms with Gasteiger partial charge in [0.2, 0.25) is 0 Å². The number of halogens is 1. The minimum atomic E-state index is -3.57. The normalized spacial score (nSPS) is 12.9. The number of carbonyl (C=O) groups excluding carboxylic acids is 1. The maximum absolute atomic E-state index is 12.5. The van der Waals surface area contributed by atoms with Crippen LogP contribution in [-0.4, -0.2) is 20.5 Å². The van der Waals surface area contributed by atoms with Gasteiger partial charge in [-0.25, -0.2) is 8.42 Å². The monoisotopic (exact) mass is 308 g/mol. The van der Waals surface area contributed by atoms with Gasteiger partial charge in [-0.1, -0.05) is 54.1 Å². The molecule has 0 fully saturated rings. The van der Waals surface area contributed by atoms with Gasteiger partial charge in [-0.2, -0.15) is 0 Å². The van der Waals surface area contributed by atoms with Crippen LogP contribution in [0.3, 0.4) is 0 Å². The van der Waals surface area contributed by atoms with Crippen LogP contribution in [-0.2, 0) is 9.84 Å². The van der Waals surface area contributed by atoms with Gasteiger partial charge in [0.15, 0.2) is 15.6 Å². The van der Waals surface area contributed by atoms with Gasteiger partial charge in [0.05, 0.1) is 0 Å². The van der Waals surface area contributed by atoms with Crippen molar-refractivity contribution < 1.29 is 13.2 Å². The molecule has 1 atom stereocenters. The maximum Gasteiger partial charge on any atom is 0.185 e. The Hall–Kier alpha value is -1.65. The lowest BCUT2D eigenvalue weighted by Crippen LogP contribution is -2.21. The zero-order chi connectivity index (χ0) is 14.8. The average Bonchev–Trinajstić information content (AvgIpc) is 2.41. The lowest BCUT2D eigenvalue weighted by Gasteiger charge is -2.14. The number of hydrogen-bond donors (Lipinski definition) is 0. The van der Waals surface area contributed by atoms with Crippen molar-refractivity contribution in [3.8, 4) is 0 Å². The Morgan fingerprint density at radius 3 is 2.05 bits per heavy atom. The van der Waals surface area contributed by atoms with E-state index in [1.807, 2.05) is 0 Å². The first-order valence-corrected chi connectivity index (χ1v) is 8.26. The Morgan fingerprint density at radius 1 is 1.00 bits per heavy atom. The van der Waals surface area contributed by atoms with E-state index < -0.39 is 20.9 Å². The molecule has 0 aliphatic carbocycles. The van der Waals surface area contributed by atoms with E-state index in [4.69, 9.17) is 11.6 Å². The van der Waals surface area contributed by atoms with Crippen LogP contribution in [0.4, 0.5) is 0 Å². The third-order valence-electron chi connectivity index (χ3n) is 2.90. The number of Topliss-reactive ketones (excluding diaryl/α,β-unsaturated/α-hetero) is 1. The van der Waals surface area contributed by atoms with Gasteiger partial charge in [0.25, 0.3) is 0 Å². The molecule has 0 amide bonds. The summed E-state index contributed by atoms with van der Waals surface area (Å²) in [6.45, 7) is 0. The second-order valence-electron chi connectivity index (χ2n) is 4.49. The highest BCUT2D eigenvalue weighted by atomic mass is 35.5. The molecule has 2 aromatic rings. The minimum Gasteiger partial charge on any atom is -0.292 e. The fraction of sp³-hybridized carbons (Fsp3) is 0.133. The fourth-order valence-corrected chi connectivity index (χ4v) is 3.29. The van der Waals surface area contributed by atoms with Crippen molar-refractivity contribution in [1.29, 1.82) is 0 Å². The van der Waals surface area contributed by atoms with Gasteiger partial charge in [0.1, 0.15) is 5.25 Å². The van der Waals surface area contributed by atoms with Crippen molar-refractivity contribution in [2.75, 3.05) is 6.26 Å². The van der Waals surface area contributed by atoms with Crippen molar-refractivity contribution in [3.63, 3.8) is 0 Å². The van der Waals surface area contributed by atoms with E-state index in [-0.39, 0.29) is 0 Å². The molecule has 0 saturated carbocycles. The molecular formula is C15H13ClO3S. The lowest BCUT2D eigenvalue weighted by molar-refractivity contribution is 0.0987. The number of ketones is 1. The van der Waals surface area contributed by atoms with Gasteiger partial charge in [-0.15, -0.1) is 0 Å². The predicted molar refractivity (Wildman–Crippen MR) is 79.8 cm³/mol. The smallest absolute Gasteiger partial charge is 0.185 e. The summed E-state index contributed by atoms with van der Waals surface area (Å²) in [5.74, 6) is -0.435. The summed E-state index contributed by atoms with van der Waals surface area (Å²) in [6.07, 6.45) is 1.06. The van der Waals surface area contributed by atoms with Crippen LogP contribution < -0.4 is 0 Å². The Morgan fingerprint density at radius 2 is 1.55 bits per heavy atom. The topological polar surface area (TPSA) is 51.2 Å². The molecule has 0 radical (unpaired) electrons. The Balaban J connectivity index is 2.50. The zero-order valence-corrected chi connectivity index (χ0v) is 12.4. The third kappa shape index (κ3) is 3.26. The highest BCUT2D eigenvalue weighted by molar-refractivity contribution is 7.91. The Labute approximate surface area is 123 Å². The molecule has 5 heteroatoms.